The van der Waals surface area contributed by atoms with Crippen molar-refractivity contribution in [3.05, 3.63) is 59.7 Å². The molecule has 0 spiro atoms. The molecule has 0 aliphatic carbocycles. The fraction of sp³-hybridized carbons (Fsp3) is 0.391. The lowest BCUT2D eigenvalue weighted by molar-refractivity contribution is -0.118. The van der Waals surface area contributed by atoms with Crippen LogP contribution in [0.4, 0.5) is 11.4 Å². The number of benzene rings is 2. The van der Waals surface area contributed by atoms with E-state index >= 15 is 0 Å². The summed E-state index contributed by atoms with van der Waals surface area (Å²) in [6.45, 7) is 8.25. The third-order valence-electron chi connectivity index (χ3n) is 4.67. The highest BCUT2D eigenvalue weighted by Gasteiger charge is 2.34. The van der Waals surface area contributed by atoms with Crippen LogP contribution in [0.25, 0.3) is 0 Å². The maximum Gasteiger partial charge on any atom is 0.238 e. The van der Waals surface area contributed by atoms with Crippen LogP contribution in [-0.4, -0.2) is 17.6 Å². The van der Waals surface area contributed by atoms with E-state index < -0.39 is 0 Å². The Morgan fingerprint density at radius 3 is 2.46 bits per heavy atom. The molecule has 1 N–H and O–H groups in total. The number of rotatable bonds is 5. The van der Waals surface area contributed by atoms with Crippen LogP contribution in [0.5, 0.6) is 0 Å². The van der Waals surface area contributed by atoms with E-state index in [-0.39, 0.29) is 22.6 Å². The summed E-state index contributed by atoms with van der Waals surface area (Å²) in [4.78, 5) is 26.7. The van der Waals surface area contributed by atoms with Gasteiger partial charge in [-0.2, -0.15) is 0 Å². The Bertz CT molecular complexity index is 856. The molecule has 2 amide bonds. The number of amides is 2. The Morgan fingerprint density at radius 1 is 1.14 bits per heavy atom. The quantitative estimate of drug-likeness (QED) is 0.736. The van der Waals surface area contributed by atoms with Gasteiger partial charge in [0.2, 0.25) is 11.8 Å². The largest absolute Gasteiger partial charge is 0.326 e. The molecule has 0 aromatic heterocycles. The Morgan fingerprint density at radius 2 is 1.82 bits per heavy atom. The highest BCUT2D eigenvalue weighted by molar-refractivity contribution is 8.00. The predicted octanol–water partition coefficient (Wildman–Crippen LogP) is 5.40. The Hall–Kier alpha value is -2.27. The second-order valence-corrected chi connectivity index (χ2v) is 9.39. The number of hydrogen-bond acceptors (Lipinski definition) is 3. The van der Waals surface area contributed by atoms with Crippen molar-refractivity contribution in [2.75, 3.05) is 16.0 Å². The minimum atomic E-state index is -0.0436. The van der Waals surface area contributed by atoms with Gasteiger partial charge >= 0.3 is 0 Å². The highest BCUT2D eigenvalue weighted by Crippen LogP contribution is 2.43. The lowest BCUT2D eigenvalue weighted by atomic mass is 9.92. The smallest absolute Gasteiger partial charge is 0.238 e. The summed E-state index contributed by atoms with van der Waals surface area (Å²) in [6, 6.07) is 15.9. The van der Waals surface area contributed by atoms with Crippen LogP contribution < -0.4 is 10.2 Å². The lowest BCUT2D eigenvalue weighted by Gasteiger charge is -2.26. The van der Waals surface area contributed by atoms with Gasteiger partial charge in [0.05, 0.1) is 5.75 Å². The normalized spacial score (nSPS) is 17.1. The van der Waals surface area contributed by atoms with Crippen LogP contribution in [0, 0.1) is 5.41 Å². The number of carbonyl (C=O) groups is 2. The van der Waals surface area contributed by atoms with Gasteiger partial charge in [0.1, 0.15) is 5.37 Å². The fourth-order valence-electron chi connectivity index (χ4n) is 3.39. The first kappa shape index (κ1) is 20.5. The molecular weight excluding hydrogens is 368 g/mol. The summed E-state index contributed by atoms with van der Waals surface area (Å²) in [5, 5.41) is 2.92. The number of carbonyl (C=O) groups excluding carboxylic acids is 2. The van der Waals surface area contributed by atoms with E-state index in [1.54, 1.807) is 11.8 Å². The van der Waals surface area contributed by atoms with Crippen LogP contribution in [0.2, 0.25) is 0 Å². The Balaban J connectivity index is 1.79. The molecule has 1 aliphatic heterocycles. The number of nitrogens with one attached hydrogen (secondary N) is 1. The van der Waals surface area contributed by atoms with E-state index in [4.69, 9.17) is 0 Å². The monoisotopic (exact) mass is 396 g/mol. The number of para-hydroxylation sites is 1. The van der Waals surface area contributed by atoms with Crippen LogP contribution in [-0.2, 0) is 16.0 Å². The van der Waals surface area contributed by atoms with Crippen molar-refractivity contribution in [3.63, 3.8) is 0 Å². The van der Waals surface area contributed by atoms with Gasteiger partial charge in [-0.1, -0.05) is 58.0 Å². The summed E-state index contributed by atoms with van der Waals surface area (Å²) >= 11 is 1.64. The summed E-state index contributed by atoms with van der Waals surface area (Å²) < 4.78 is 0. The minimum Gasteiger partial charge on any atom is -0.326 e. The summed E-state index contributed by atoms with van der Waals surface area (Å²) in [6.07, 6.45) is 1.36. The number of hydrogen-bond donors (Lipinski definition) is 1. The molecule has 0 saturated carbocycles. The maximum atomic E-state index is 12.6. The van der Waals surface area contributed by atoms with E-state index in [0.717, 1.165) is 23.4 Å². The molecule has 1 atom stereocenters. The van der Waals surface area contributed by atoms with Crippen molar-refractivity contribution in [3.8, 4) is 0 Å². The zero-order chi connectivity index (χ0) is 20.3. The van der Waals surface area contributed by atoms with Crippen molar-refractivity contribution in [1.82, 2.24) is 0 Å². The topological polar surface area (TPSA) is 49.4 Å². The first-order chi connectivity index (χ1) is 13.3. The van der Waals surface area contributed by atoms with Crippen LogP contribution >= 0.6 is 11.8 Å². The molecule has 4 nitrogen and oxygen atoms in total. The van der Waals surface area contributed by atoms with E-state index in [1.165, 1.54) is 5.56 Å². The molecule has 2 aromatic rings. The van der Waals surface area contributed by atoms with E-state index in [9.17, 15) is 9.59 Å². The molecule has 1 fully saturated rings. The molecule has 3 rings (SSSR count). The van der Waals surface area contributed by atoms with Crippen molar-refractivity contribution >= 4 is 35.0 Å². The number of thioether (sulfide) groups is 1. The van der Waals surface area contributed by atoms with Crippen molar-refractivity contribution in [2.45, 2.75) is 45.9 Å². The van der Waals surface area contributed by atoms with Gasteiger partial charge in [0, 0.05) is 17.8 Å². The van der Waals surface area contributed by atoms with Gasteiger partial charge in [-0.15, -0.1) is 11.8 Å². The number of aryl methyl sites for hydroxylation is 1. The summed E-state index contributed by atoms with van der Waals surface area (Å²) in [5.74, 6) is 0.634. The fourth-order valence-corrected chi connectivity index (χ4v) is 4.56. The zero-order valence-electron chi connectivity index (χ0n) is 17.0. The molecule has 0 unspecified atom stereocenters. The second kappa shape index (κ2) is 8.39. The predicted molar refractivity (Wildman–Crippen MR) is 118 cm³/mol. The third-order valence-corrected chi connectivity index (χ3v) is 5.88. The maximum absolute atomic E-state index is 12.6. The molecular formula is C23H28N2O2S. The standard InChI is InChI=1S/C23H28N2O2S/c1-5-16-8-6-7-9-19(16)25-21(27)15-28-22(25)17-10-12-18(13-11-17)24-20(26)14-23(2,3)4/h6-13,22H,5,14-15H2,1-4H3,(H,24,26)/t22-/m0/s1. The SMILES string of the molecule is CCc1ccccc1N1C(=O)CS[C@H]1c1ccc(NC(=O)CC(C)(C)C)cc1. The van der Waals surface area contributed by atoms with Crippen LogP contribution in [0.3, 0.4) is 0 Å². The Labute approximate surface area is 171 Å². The Kier molecular flexibility index (Phi) is 6.14. The zero-order valence-corrected chi connectivity index (χ0v) is 17.8. The molecule has 1 saturated heterocycles. The first-order valence-corrected chi connectivity index (χ1v) is 10.7. The average Bonchev–Trinajstić information content (AvgIpc) is 3.02. The first-order valence-electron chi connectivity index (χ1n) is 9.70. The third kappa shape index (κ3) is 4.76. The molecule has 5 heteroatoms. The molecule has 0 bridgehead atoms. The molecule has 1 heterocycles. The van der Waals surface area contributed by atoms with E-state index in [0.29, 0.717) is 12.2 Å². The average molecular weight is 397 g/mol. The van der Waals surface area contributed by atoms with E-state index in [1.807, 2.05) is 68.1 Å². The molecule has 1 aliphatic rings. The van der Waals surface area contributed by atoms with Crippen molar-refractivity contribution < 1.29 is 9.59 Å². The minimum absolute atomic E-state index is 0.0177. The highest BCUT2D eigenvalue weighted by atomic mass is 32.2. The van der Waals surface area contributed by atoms with Gasteiger partial charge in [-0.25, -0.2) is 0 Å². The summed E-state index contributed by atoms with van der Waals surface area (Å²) in [5.41, 5.74) is 3.98. The van der Waals surface area contributed by atoms with E-state index in [2.05, 4.69) is 18.3 Å². The molecule has 148 valence electrons. The van der Waals surface area contributed by atoms with Crippen LogP contribution in [0.1, 0.15) is 50.6 Å². The molecule has 28 heavy (non-hydrogen) atoms. The van der Waals surface area contributed by atoms with Gasteiger partial charge in [-0.05, 0) is 41.2 Å². The number of anilines is 2. The lowest BCUT2D eigenvalue weighted by Crippen LogP contribution is -2.28. The van der Waals surface area contributed by atoms with Crippen LogP contribution in [0.15, 0.2) is 48.5 Å². The van der Waals surface area contributed by atoms with Gasteiger partial charge in [0.15, 0.2) is 0 Å². The molecule has 0 radical (unpaired) electrons. The van der Waals surface area contributed by atoms with Gasteiger partial charge < -0.3 is 5.32 Å². The second-order valence-electron chi connectivity index (χ2n) is 8.32. The molecule has 2 aromatic carbocycles. The van der Waals surface area contributed by atoms with Gasteiger partial charge in [0.25, 0.3) is 0 Å². The van der Waals surface area contributed by atoms with Crippen molar-refractivity contribution in [1.29, 1.82) is 0 Å². The van der Waals surface area contributed by atoms with Crippen molar-refractivity contribution in [2.24, 2.45) is 5.41 Å². The van der Waals surface area contributed by atoms with Gasteiger partial charge in [-0.3, -0.25) is 14.5 Å². The number of nitrogens with zero attached hydrogens (tertiary/aromatic N) is 1. The summed E-state index contributed by atoms with van der Waals surface area (Å²) in [7, 11) is 0.